The first-order valence-corrected chi connectivity index (χ1v) is 8.44. The molecule has 4 aliphatic rings. The SMILES string of the molecule is CC1C(=O)CC(c2ccco2)N2C(=O)C3C(C(=O)O)[C@@H]4C=C[C@]3(O4)C12. The largest absolute Gasteiger partial charge is 0.481 e. The van der Waals surface area contributed by atoms with Gasteiger partial charge in [0.2, 0.25) is 5.91 Å². The third kappa shape index (κ3) is 1.62. The zero-order chi connectivity index (χ0) is 17.5. The summed E-state index contributed by atoms with van der Waals surface area (Å²) in [7, 11) is 0. The van der Waals surface area contributed by atoms with Crippen molar-refractivity contribution in [1.82, 2.24) is 4.90 Å². The summed E-state index contributed by atoms with van der Waals surface area (Å²) in [5.74, 6) is -2.85. The van der Waals surface area contributed by atoms with Crippen molar-refractivity contribution in [3.05, 3.63) is 36.3 Å². The molecular formula is C18H17NO6. The van der Waals surface area contributed by atoms with Crippen LogP contribution in [0.4, 0.5) is 0 Å². The number of furan rings is 1. The van der Waals surface area contributed by atoms with Crippen molar-refractivity contribution in [1.29, 1.82) is 0 Å². The Bertz CT molecular complexity index is 814. The number of ketones is 1. The molecule has 0 radical (unpaired) electrons. The zero-order valence-electron chi connectivity index (χ0n) is 13.5. The summed E-state index contributed by atoms with van der Waals surface area (Å²) < 4.78 is 11.5. The highest BCUT2D eigenvalue weighted by molar-refractivity contribution is 5.95. The van der Waals surface area contributed by atoms with Crippen LogP contribution in [0, 0.1) is 17.8 Å². The third-order valence-corrected chi connectivity index (χ3v) is 6.24. The van der Waals surface area contributed by atoms with Gasteiger partial charge in [0.05, 0.1) is 30.4 Å². The fourth-order valence-electron chi connectivity index (χ4n) is 5.25. The number of carboxylic acid groups (broad SMARTS) is 1. The molecule has 0 aliphatic carbocycles. The van der Waals surface area contributed by atoms with Crippen LogP contribution in [0.1, 0.15) is 25.1 Å². The molecule has 1 aromatic heterocycles. The molecule has 3 saturated heterocycles. The predicted octanol–water partition coefficient (Wildman–Crippen LogP) is 1.16. The van der Waals surface area contributed by atoms with Crippen molar-refractivity contribution >= 4 is 17.7 Å². The number of hydrogen-bond donors (Lipinski definition) is 1. The van der Waals surface area contributed by atoms with Crippen LogP contribution >= 0.6 is 0 Å². The molecule has 25 heavy (non-hydrogen) atoms. The number of carboxylic acids is 1. The van der Waals surface area contributed by atoms with Crippen LogP contribution in [0.25, 0.3) is 0 Å². The van der Waals surface area contributed by atoms with E-state index in [2.05, 4.69) is 0 Å². The number of Topliss-reactive ketones (excluding diaryl/α,β-unsaturated/α-hetero) is 1. The van der Waals surface area contributed by atoms with E-state index in [0.717, 1.165) is 0 Å². The minimum Gasteiger partial charge on any atom is -0.481 e. The predicted molar refractivity (Wildman–Crippen MR) is 82.2 cm³/mol. The Hall–Kier alpha value is -2.41. The molecule has 1 aromatic rings. The van der Waals surface area contributed by atoms with Crippen LogP contribution in [0.3, 0.4) is 0 Å². The normalized spacial score (nSPS) is 44.3. The molecular weight excluding hydrogens is 326 g/mol. The first kappa shape index (κ1) is 14.9. The molecule has 7 nitrogen and oxygen atoms in total. The molecule has 1 spiro atoms. The number of carbonyl (C=O) groups is 3. The van der Waals surface area contributed by atoms with Crippen molar-refractivity contribution in [3.63, 3.8) is 0 Å². The van der Waals surface area contributed by atoms with Gasteiger partial charge in [-0.15, -0.1) is 0 Å². The average molecular weight is 343 g/mol. The van der Waals surface area contributed by atoms with E-state index < -0.39 is 47.5 Å². The van der Waals surface area contributed by atoms with Crippen molar-refractivity contribution in [2.45, 2.75) is 37.1 Å². The molecule has 1 N–H and O–H groups in total. The van der Waals surface area contributed by atoms with E-state index in [4.69, 9.17) is 9.15 Å². The van der Waals surface area contributed by atoms with Gasteiger partial charge in [-0.3, -0.25) is 14.4 Å². The van der Waals surface area contributed by atoms with E-state index in [-0.39, 0.29) is 18.1 Å². The van der Waals surface area contributed by atoms with E-state index in [9.17, 15) is 19.5 Å². The highest BCUT2D eigenvalue weighted by Crippen LogP contribution is 2.59. The maximum absolute atomic E-state index is 13.3. The summed E-state index contributed by atoms with van der Waals surface area (Å²) in [6, 6.07) is 2.44. The van der Waals surface area contributed by atoms with Gasteiger partial charge < -0.3 is 19.2 Å². The third-order valence-electron chi connectivity index (χ3n) is 6.24. The molecule has 4 aliphatic heterocycles. The lowest BCUT2D eigenvalue weighted by Crippen LogP contribution is -2.55. The van der Waals surface area contributed by atoms with Crippen LogP contribution in [0.5, 0.6) is 0 Å². The maximum atomic E-state index is 13.3. The van der Waals surface area contributed by atoms with Gasteiger partial charge in [0.25, 0.3) is 0 Å². The quantitative estimate of drug-likeness (QED) is 0.810. The van der Waals surface area contributed by atoms with E-state index in [1.807, 2.05) is 0 Å². The van der Waals surface area contributed by atoms with E-state index in [0.29, 0.717) is 5.76 Å². The van der Waals surface area contributed by atoms with Crippen LogP contribution in [0.2, 0.25) is 0 Å². The molecule has 130 valence electrons. The Morgan fingerprint density at radius 1 is 1.40 bits per heavy atom. The van der Waals surface area contributed by atoms with Crippen LogP contribution in [0.15, 0.2) is 35.0 Å². The van der Waals surface area contributed by atoms with Gasteiger partial charge in [0, 0.05) is 12.3 Å². The van der Waals surface area contributed by atoms with E-state index >= 15 is 0 Å². The Kier molecular flexibility index (Phi) is 2.74. The van der Waals surface area contributed by atoms with Gasteiger partial charge in [-0.25, -0.2) is 0 Å². The molecule has 7 heteroatoms. The molecule has 1 amide bonds. The number of hydrogen-bond acceptors (Lipinski definition) is 5. The lowest BCUT2D eigenvalue weighted by Gasteiger charge is -2.43. The number of ether oxygens (including phenoxy) is 1. The molecule has 2 bridgehead atoms. The topological polar surface area (TPSA) is 97.1 Å². The van der Waals surface area contributed by atoms with Crippen molar-refractivity contribution in [2.75, 3.05) is 0 Å². The molecule has 5 unspecified atom stereocenters. The maximum Gasteiger partial charge on any atom is 0.310 e. The van der Waals surface area contributed by atoms with Crippen molar-refractivity contribution in [3.8, 4) is 0 Å². The van der Waals surface area contributed by atoms with Crippen molar-refractivity contribution in [2.24, 2.45) is 17.8 Å². The second-order valence-electron chi connectivity index (χ2n) is 7.32. The summed E-state index contributed by atoms with van der Waals surface area (Å²) in [5.41, 5.74) is -1.04. The second-order valence-corrected chi connectivity index (χ2v) is 7.32. The Morgan fingerprint density at radius 3 is 2.88 bits per heavy atom. The monoisotopic (exact) mass is 343 g/mol. The van der Waals surface area contributed by atoms with Crippen LogP contribution in [-0.2, 0) is 19.1 Å². The summed E-state index contributed by atoms with van der Waals surface area (Å²) in [6.45, 7) is 1.79. The van der Waals surface area contributed by atoms with Crippen molar-refractivity contribution < 1.29 is 28.6 Å². The minimum absolute atomic E-state index is 0.0321. The number of rotatable bonds is 2. The van der Waals surface area contributed by atoms with Crippen LogP contribution < -0.4 is 0 Å². The highest BCUT2D eigenvalue weighted by atomic mass is 16.5. The first-order valence-electron chi connectivity index (χ1n) is 8.44. The molecule has 5 rings (SSSR count). The number of aliphatic carboxylic acids is 1. The Labute approximate surface area is 143 Å². The summed E-state index contributed by atoms with van der Waals surface area (Å²) in [6.07, 6.45) is 4.59. The summed E-state index contributed by atoms with van der Waals surface area (Å²) >= 11 is 0. The molecule has 3 fully saturated rings. The standard InChI is InChI=1S/C18H17NO6/c1-8-10(20)7-9(11-3-2-6-24-11)19-15(8)18-5-4-12(25-18)13(17(22)23)14(18)16(19)21/h2-6,8-9,12-15H,7H2,1H3,(H,22,23)/t8?,9?,12-,13?,14?,15?,18+/m0/s1. The number of piperidine rings is 1. The van der Waals surface area contributed by atoms with E-state index in [1.54, 1.807) is 36.1 Å². The summed E-state index contributed by atoms with van der Waals surface area (Å²) in [5, 5.41) is 9.63. The molecule has 0 aromatic carbocycles. The lowest BCUT2D eigenvalue weighted by atomic mass is 9.71. The fourth-order valence-corrected chi connectivity index (χ4v) is 5.25. The van der Waals surface area contributed by atoms with Gasteiger partial charge in [0.15, 0.2) is 0 Å². The number of amides is 1. The second kappa shape index (κ2) is 4.60. The van der Waals surface area contributed by atoms with Gasteiger partial charge in [-0.1, -0.05) is 19.1 Å². The number of fused-ring (bicyclic) bond motifs is 2. The molecule has 7 atom stereocenters. The Morgan fingerprint density at radius 2 is 2.20 bits per heavy atom. The fraction of sp³-hybridized carbons (Fsp3) is 0.500. The molecule has 5 heterocycles. The summed E-state index contributed by atoms with van der Waals surface area (Å²) in [4.78, 5) is 39.3. The first-order chi connectivity index (χ1) is 12.0. The van der Waals surface area contributed by atoms with Crippen LogP contribution in [-0.4, -0.2) is 45.4 Å². The number of carbonyl (C=O) groups excluding carboxylic acids is 2. The van der Waals surface area contributed by atoms with Gasteiger partial charge >= 0.3 is 5.97 Å². The highest BCUT2D eigenvalue weighted by Gasteiger charge is 2.74. The van der Waals surface area contributed by atoms with E-state index in [1.165, 1.54) is 6.26 Å². The minimum atomic E-state index is -1.04. The van der Waals surface area contributed by atoms with Gasteiger partial charge in [0.1, 0.15) is 23.1 Å². The number of nitrogens with zero attached hydrogens (tertiary/aromatic N) is 1. The van der Waals surface area contributed by atoms with Gasteiger partial charge in [-0.2, -0.15) is 0 Å². The smallest absolute Gasteiger partial charge is 0.310 e. The molecule has 0 saturated carbocycles. The average Bonchev–Trinajstić information content (AvgIpc) is 3.32. The Balaban J connectivity index is 1.67. The lowest BCUT2D eigenvalue weighted by molar-refractivity contribution is -0.152. The van der Waals surface area contributed by atoms with Gasteiger partial charge in [-0.05, 0) is 12.1 Å². The zero-order valence-corrected chi connectivity index (χ0v) is 13.5.